The average Bonchev–Trinajstić information content (AvgIpc) is 2.75. The Kier molecular flexibility index (Phi) is 3.70. The Morgan fingerprint density at radius 2 is 2.41 bits per heavy atom. The van der Waals surface area contributed by atoms with Gasteiger partial charge in [-0.2, -0.15) is 27.6 Å². The first-order valence-electron chi connectivity index (χ1n) is 5.62. The zero-order chi connectivity index (χ0) is 12.3. The number of rotatable bonds is 4. The Morgan fingerprint density at radius 1 is 1.59 bits per heavy atom. The molecule has 2 rings (SSSR count). The Bertz CT molecular complexity index is 462. The Hall–Kier alpha value is -1.05. The maximum absolute atomic E-state index is 12.0. The first-order chi connectivity index (χ1) is 8.09. The second kappa shape index (κ2) is 5.07. The molecule has 94 valence electrons. The van der Waals surface area contributed by atoms with Gasteiger partial charge in [0.2, 0.25) is 0 Å². The fourth-order valence-corrected chi connectivity index (χ4v) is 3.38. The highest BCUT2D eigenvalue weighted by Crippen LogP contribution is 2.19. The van der Waals surface area contributed by atoms with E-state index in [4.69, 9.17) is 0 Å². The molecule has 0 saturated carbocycles. The summed E-state index contributed by atoms with van der Waals surface area (Å²) in [7, 11) is -3.39. The van der Waals surface area contributed by atoms with Crippen LogP contribution in [0.15, 0.2) is 18.3 Å². The summed E-state index contributed by atoms with van der Waals surface area (Å²) in [5.74, 6) is 0. The summed E-state index contributed by atoms with van der Waals surface area (Å²) >= 11 is 0. The summed E-state index contributed by atoms with van der Waals surface area (Å²) in [4.78, 5) is 0. The molecule has 7 heteroatoms. The third-order valence-electron chi connectivity index (χ3n) is 2.86. The van der Waals surface area contributed by atoms with E-state index in [0.29, 0.717) is 12.2 Å². The van der Waals surface area contributed by atoms with Crippen molar-refractivity contribution in [3.8, 4) is 0 Å². The van der Waals surface area contributed by atoms with Crippen molar-refractivity contribution >= 4 is 10.2 Å². The number of nitrogens with one attached hydrogen (secondary N) is 1. The fraction of sp³-hybridized carbons (Fsp3) is 0.600. The fourth-order valence-electron chi connectivity index (χ4n) is 1.94. The van der Waals surface area contributed by atoms with E-state index in [9.17, 15) is 8.42 Å². The zero-order valence-electron chi connectivity index (χ0n) is 9.70. The molecular weight excluding hydrogens is 240 g/mol. The Balaban J connectivity index is 1.98. The van der Waals surface area contributed by atoms with E-state index in [2.05, 4.69) is 14.9 Å². The van der Waals surface area contributed by atoms with Crippen molar-refractivity contribution < 1.29 is 8.42 Å². The van der Waals surface area contributed by atoms with E-state index < -0.39 is 10.2 Å². The minimum absolute atomic E-state index is 0.0781. The minimum Gasteiger partial charge on any atom is -0.196 e. The number of aromatic nitrogens is 2. The molecule has 1 aromatic rings. The molecule has 1 saturated heterocycles. The molecule has 1 aliphatic rings. The predicted octanol–water partition coefficient (Wildman–Crippen LogP) is 0.295. The minimum atomic E-state index is -3.39. The lowest BCUT2D eigenvalue weighted by atomic mass is 10.3. The summed E-state index contributed by atoms with van der Waals surface area (Å²) in [6, 6.07) is 3.55. The van der Waals surface area contributed by atoms with Gasteiger partial charge in [0, 0.05) is 18.8 Å². The molecule has 0 spiro atoms. The van der Waals surface area contributed by atoms with Gasteiger partial charge in [0.15, 0.2) is 0 Å². The van der Waals surface area contributed by atoms with E-state index in [1.807, 2.05) is 6.92 Å². The van der Waals surface area contributed by atoms with Crippen LogP contribution < -0.4 is 4.72 Å². The van der Waals surface area contributed by atoms with E-state index in [1.54, 1.807) is 18.3 Å². The molecule has 1 aromatic heterocycles. The van der Waals surface area contributed by atoms with Crippen molar-refractivity contribution in [2.24, 2.45) is 0 Å². The number of nitrogens with zero attached hydrogens (tertiary/aromatic N) is 3. The second-order valence-electron chi connectivity index (χ2n) is 4.14. The summed E-state index contributed by atoms with van der Waals surface area (Å²) < 4.78 is 28.0. The Labute approximate surface area is 101 Å². The van der Waals surface area contributed by atoms with Crippen molar-refractivity contribution in [2.45, 2.75) is 32.4 Å². The lowest BCUT2D eigenvalue weighted by Gasteiger charge is -2.20. The van der Waals surface area contributed by atoms with Crippen molar-refractivity contribution in [1.82, 2.24) is 19.2 Å². The van der Waals surface area contributed by atoms with Crippen LogP contribution in [0.3, 0.4) is 0 Å². The third-order valence-corrected chi connectivity index (χ3v) is 4.53. The lowest BCUT2D eigenvalue weighted by molar-refractivity contribution is 0.399. The van der Waals surface area contributed by atoms with E-state index in [1.165, 1.54) is 4.31 Å². The molecule has 6 nitrogen and oxygen atoms in total. The molecule has 0 aromatic carbocycles. The SMILES string of the molecule is CC1CCCN1S(=O)(=O)NCc1cccnn1. The molecule has 2 heterocycles. The standard InChI is InChI=1S/C10H16N4O2S/c1-9-4-3-7-14(9)17(15,16)12-8-10-5-2-6-11-13-10/h2,5-6,9,12H,3-4,7-8H2,1H3. The highest BCUT2D eigenvalue weighted by atomic mass is 32.2. The van der Waals surface area contributed by atoms with Gasteiger partial charge < -0.3 is 0 Å². The van der Waals surface area contributed by atoms with E-state index in [-0.39, 0.29) is 12.6 Å². The van der Waals surface area contributed by atoms with E-state index >= 15 is 0 Å². The lowest BCUT2D eigenvalue weighted by Crippen LogP contribution is -2.42. The number of hydrogen-bond acceptors (Lipinski definition) is 4. The topological polar surface area (TPSA) is 75.2 Å². The smallest absolute Gasteiger partial charge is 0.196 e. The van der Waals surface area contributed by atoms with Gasteiger partial charge in [-0.25, -0.2) is 0 Å². The van der Waals surface area contributed by atoms with Crippen LogP contribution in [-0.4, -0.2) is 35.5 Å². The van der Waals surface area contributed by atoms with Gasteiger partial charge in [0.05, 0.1) is 12.2 Å². The largest absolute Gasteiger partial charge is 0.280 e. The van der Waals surface area contributed by atoms with Crippen molar-refractivity contribution in [1.29, 1.82) is 0 Å². The molecule has 0 bridgehead atoms. The summed E-state index contributed by atoms with van der Waals surface area (Å²) in [6.45, 7) is 2.70. The molecule has 0 radical (unpaired) electrons. The normalized spacial score (nSPS) is 21.8. The highest BCUT2D eigenvalue weighted by Gasteiger charge is 2.30. The van der Waals surface area contributed by atoms with Gasteiger partial charge in [-0.15, -0.1) is 0 Å². The molecule has 17 heavy (non-hydrogen) atoms. The van der Waals surface area contributed by atoms with Crippen LogP contribution in [0.1, 0.15) is 25.5 Å². The quantitative estimate of drug-likeness (QED) is 0.840. The summed E-state index contributed by atoms with van der Waals surface area (Å²) in [6.07, 6.45) is 3.40. The molecule has 1 fully saturated rings. The molecule has 1 unspecified atom stereocenters. The molecule has 1 atom stereocenters. The molecule has 0 amide bonds. The van der Waals surface area contributed by atoms with Crippen LogP contribution in [0.4, 0.5) is 0 Å². The van der Waals surface area contributed by atoms with Gasteiger partial charge in [-0.05, 0) is 31.9 Å². The van der Waals surface area contributed by atoms with Crippen LogP contribution in [0.2, 0.25) is 0 Å². The maximum atomic E-state index is 12.0. The molecule has 1 N–H and O–H groups in total. The monoisotopic (exact) mass is 256 g/mol. The van der Waals surface area contributed by atoms with E-state index in [0.717, 1.165) is 12.8 Å². The predicted molar refractivity (Wildman–Crippen MR) is 63.2 cm³/mol. The van der Waals surface area contributed by atoms with Crippen molar-refractivity contribution in [2.75, 3.05) is 6.54 Å². The first-order valence-corrected chi connectivity index (χ1v) is 7.06. The van der Waals surface area contributed by atoms with Gasteiger partial charge in [-0.1, -0.05) is 0 Å². The highest BCUT2D eigenvalue weighted by molar-refractivity contribution is 7.87. The van der Waals surface area contributed by atoms with Crippen LogP contribution >= 0.6 is 0 Å². The first kappa shape index (κ1) is 12.4. The zero-order valence-corrected chi connectivity index (χ0v) is 10.5. The van der Waals surface area contributed by atoms with Crippen LogP contribution in [0.25, 0.3) is 0 Å². The van der Waals surface area contributed by atoms with Gasteiger partial charge >= 0.3 is 0 Å². The summed E-state index contributed by atoms with van der Waals surface area (Å²) in [5.41, 5.74) is 0.614. The summed E-state index contributed by atoms with van der Waals surface area (Å²) in [5, 5.41) is 7.53. The maximum Gasteiger partial charge on any atom is 0.280 e. The second-order valence-corrected chi connectivity index (χ2v) is 5.85. The number of hydrogen-bond donors (Lipinski definition) is 1. The van der Waals surface area contributed by atoms with Crippen molar-refractivity contribution in [3.05, 3.63) is 24.0 Å². The third kappa shape index (κ3) is 2.99. The Morgan fingerprint density at radius 3 is 3.00 bits per heavy atom. The molecule has 1 aliphatic heterocycles. The van der Waals surface area contributed by atoms with Gasteiger partial charge in [0.25, 0.3) is 10.2 Å². The van der Waals surface area contributed by atoms with Crippen molar-refractivity contribution in [3.63, 3.8) is 0 Å². The van der Waals surface area contributed by atoms with Gasteiger partial charge in [0.1, 0.15) is 0 Å². The van der Waals surface area contributed by atoms with Crippen LogP contribution in [0.5, 0.6) is 0 Å². The van der Waals surface area contributed by atoms with Crippen LogP contribution in [-0.2, 0) is 16.8 Å². The molecular formula is C10H16N4O2S. The van der Waals surface area contributed by atoms with Gasteiger partial charge in [-0.3, -0.25) is 0 Å². The van der Waals surface area contributed by atoms with Crippen LogP contribution in [0, 0.1) is 0 Å². The molecule has 0 aliphatic carbocycles. The average molecular weight is 256 g/mol.